The third kappa shape index (κ3) is 3.60. The molecule has 0 radical (unpaired) electrons. The number of fused-ring (bicyclic) bond motifs is 1. The van der Waals surface area contributed by atoms with Crippen LogP contribution >= 0.6 is 0 Å². The lowest BCUT2D eigenvalue weighted by atomic mass is 10.1. The van der Waals surface area contributed by atoms with Crippen molar-refractivity contribution in [2.45, 2.75) is 13.8 Å². The summed E-state index contributed by atoms with van der Waals surface area (Å²) in [6.07, 6.45) is 1.67. The highest BCUT2D eigenvalue weighted by atomic mass is 16.1. The Morgan fingerprint density at radius 2 is 1.50 bits per heavy atom. The molecule has 0 amide bonds. The third-order valence-electron chi connectivity index (χ3n) is 5.01. The number of aromatic nitrogens is 1. The zero-order valence-corrected chi connectivity index (χ0v) is 16.0. The van der Waals surface area contributed by atoms with Gasteiger partial charge in [0, 0.05) is 39.6 Å². The van der Waals surface area contributed by atoms with Crippen molar-refractivity contribution < 1.29 is 4.79 Å². The first-order valence-electron chi connectivity index (χ1n) is 9.34. The summed E-state index contributed by atoms with van der Waals surface area (Å²) in [7, 11) is 0. The number of ketones is 1. The van der Waals surface area contributed by atoms with E-state index in [9.17, 15) is 4.79 Å². The predicted molar refractivity (Wildman–Crippen MR) is 117 cm³/mol. The van der Waals surface area contributed by atoms with Crippen LogP contribution < -0.4 is 5.32 Å². The maximum absolute atomic E-state index is 12.8. The summed E-state index contributed by atoms with van der Waals surface area (Å²) in [4.78, 5) is 16.2. The minimum atomic E-state index is -0.0262. The van der Waals surface area contributed by atoms with E-state index in [0.717, 1.165) is 22.5 Å². The summed E-state index contributed by atoms with van der Waals surface area (Å²) in [5.74, 6) is -0.0262. The minimum Gasteiger partial charge on any atom is -0.358 e. The van der Waals surface area contributed by atoms with Crippen LogP contribution in [0.25, 0.3) is 16.6 Å². The Morgan fingerprint density at radius 3 is 2.18 bits per heavy atom. The number of hydrogen-bond acceptors (Lipinski definition) is 2. The number of anilines is 1. The van der Waals surface area contributed by atoms with Crippen molar-refractivity contribution in [3.63, 3.8) is 0 Å². The Hall–Kier alpha value is -3.59. The Kier molecular flexibility index (Phi) is 4.81. The zero-order chi connectivity index (χ0) is 19.5. The second-order valence-electron chi connectivity index (χ2n) is 6.91. The van der Waals surface area contributed by atoms with Crippen molar-refractivity contribution in [1.29, 1.82) is 0 Å². The molecule has 4 aromatic rings. The van der Waals surface area contributed by atoms with E-state index in [1.807, 2.05) is 66.7 Å². The van der Waals surface area contributed by atoms with Gasteiger partial charge in [-0.15, -0.1) is 0 Å². The van der Waals surface area contributed by atoms with Crippen molar-refractivity contribution in [1.82, 2.24) is 4.98 Å². The molecule has 0 bridgehead atoms. The van der Waals surface area contributed by atoms with Crippen LogP contribution in [-0.2, 0) is 0 Å². The van der Waals surface area contributed by atoms with Gasteiger partial charge in [-0.25, -0.2) is 0 Å². The fourth-order valence-corrected chi connectivity index (χ4v) is 3.32. The molecule has 0 unspecified atom stereocenters. The molecule has 0 aliphatic carbocycles. The number of carbonyl (C=O) groups excluding carboxylic acids is 1. The first kappa shape index (κ1) is 17.8. The second-order valence-corrected chi connectivity index (χ2v) is 6.91. The van der Waals surface area contributed by atoms with Crippen molar-refractivity contribution in [2.75, 3.05) is 5.32 Å². The smallest absolute Gasteiger partial charge is 0.187 e. The van der Waals surface area contributed by atoms with Gasteiger partial charge in [-0.05, 0) is 43.2 Å². The van der Waals surface area contributed by atoms with E-state index in [4.69, 9.17) is 0 Å². The predicted octanol–water partition coefficient (Wildman–Crippen LogP) is 6.12. The molecule has 1 heterocycles. The van der Waals surface area contributed by atoms with E-state index in [1.54, 1.807) is 6.08 Å². The van der Waals surface area contributed by atoms with Gasteiger partial charge in [0.15, 0.2) is 5.78 Å². The minimum absolute atomic E-state index is 0.0262. The number of aryl methyl sites for hydroxylation is 2. The third-order valence-corrected chi connectivity index (χ3v) is 5.01. The van der Waals surface area contributed by atoms with E-state index >= 15 is 0 Å². The molecule has 0 saturated carbocycles. The monoisotopic (exact) mass is 366 g/mol. The number of rotatable bonds is 5. The summed E-state index contributed by atoms with van der Waals surface area (Å²) in [5, 5.41) is 4.64. The maximum atomic E-state index is 12.8. The van der Waals surface area contributed by atoms with Gasteiger partial charge in [-0.1, -0.05) is 60.7 Å². The van der Waals surface area contributed by atoms with E-state index in [-0.39, 0.29) is 5.78 Å². The second kappa shape index (κ2) is 7.57. The first-order valence-corrected chi connectivity index (χ1v) is 9.34. The molecule has 138 valence electrons. The Balaban J connectivity index is 1.73. The molecule has 0 aliphatic heterocycles. The first-order chi connectivity index (χ1) is 13.6. The lowest BCUT2D eigenvalue weighted by Crippen LogP contribution is -2.03. The van der Waals surface area contributed by atoms with E-state index in [2.05, 4.69) is 36.3 Å². The Labute approximate surface area is 164 Å². The van der Waals surface area contributed by atoms with Crippen molar-refractivity contribution >= 4 is 28.1 Å². The standard InChI is InChI=1S/C25H22N2O/c1-17-18(2)26-23-14-13-21(15-22(17)23)27-24(19-9-5-3-6-10-19)16-25(28)20-11-7-4-8-12-20/h3-16,26-27H,1-2H3/b24-16-. The maximum Gasteiger partial charge on any atom is 0.187 e. The molecule has 1 aromatic heterocycles. The highest BCUT2D eigenvalue weighted by Crippen LogP contribution is 2.27. The summed E-state index contributed by atoms with van der Waals surface area (Å²) >= 11 is 0. The van der Waals surface area contributed by atoms with Crippen LogP contribution in [-0.4, -0.2) is 10.8 Å². The molecule has 3 heteroatoms. The average molecular weight is 366 g/mol. The largest absolute Gasteiger partial charge is 0.358 e. The molecule has 0 aliphatic rings. The fourth-order valence-electron chi connectivity index (χ4n) is 3.32. The van der Waals surface area contributed by atoms with Gasteiger partial charge >= 0.3 is 0 Å². The molecule has 4 rings (SSSR count). The van der Waals surface area contributed by atoms with E-state index in [1.165, 1.54) is 16.6 Å². The molecular formula is C25H22N2O. The normalized spacial score (nSPS) is 11.6. The lowest BCUT2D eigenvalue weighted by molar-refractivity contribution is 0.104. The molecule has 28 heavy (non-hydrogen) atoms. The van der Waals surface area contributed by atoms with E-state index in [0.29, 0.717) is 5.56 Å². The molecular weight excluding hydrogens is 344 g/mol. The van der Waals surface area contributed by atoms with Crippen molar-refractivity contribution in [3.8, 4) is 0 Å². The van der Waals surface area contributed by atoms with Gasteiger partial charge in [-0.2, -0.15) is 0 Å². The zero-order valence-electron chi connectivity index (χ0n) is 16.0. The van der Waals surface area contributed by atoms with Crippen molar-refractivity contribution in [2.24, 2.45) is 0 Å². The fraction of sp³-hybridized carbons (Fsp3) is 0.0800. The van der Waals surface area contributed by atoms with Crippen LogP contribution in [0.3, 0.4) is 0 Å². The molecule has 0 saturated heterocycles. The molecule has 3 nitrogen and oxygen atoms in total. The lowest BCUT2D eigenvalue weighted by Gasteiger charge is -2.12. The summed E-state index contributed by atoms with van der Waals surface area (Å²) in [6.45, 7) is 4.20. The highest BCUT2D eigenvalue weighted by molar-refractivity contribution is 6.09. The quantitative estimate of drug-likeness (QED) is 0.330. The van der Waals surface area contributed by atoms with Gasteiger partial charge in [0.1, 0.15) is 0 Å². The Morgan fingerprint density at radius 1 is 0.857 bits per heavy atom. The number of H-pyrrole nitrogens is 1. The number of allylic oxidation sites excluding steroid dienone is 1. The Bertz CT molecular complexity index is 1160. The van der Waals surface area contributed by atoms with Crippen LogP contribution in [0.4, 0.5) is 5.69 Å². The molecule has 0 atom stereocenters. The van der Waals surface area contributed by atoms with Gasteiger partial charge in [-0.3, -0.25) is 4.79 Å². The number of aromatic amines is 1. The van der Waals surface area contributed by atoms with E-state index < -0.39 is 0 Å². The highest BCUT2D eigenvalue weighted by Gasteiger charge is 2.09. The SMILES string of the molecule is Cc1[nH]c2ccc(N/C(=C\C(=O)c3ccccc3)c3ccccc3)cc2c1C. The van der Waals surface area contributed by atoms with Gasteiger partial charge in [0.2, 0.25) is 0 Å². The van der Waals surface area contributed by atoms with Crippen LogP contribution in [0.2, 0.25) is 0 Å². The summed E-state index contributed by atoms with van der Waals surface area (Å²) in [6, 6.07) is 25.5. The number of benzene rings is 3. The number of nitrogens with one attached hydrogen (secondary N) is 2. The van der Waals surface area contributed by atoms with Crippen LogP contribution in [0.15, 0.2) is 84.9 Å². The molecule has 3 aromatic carbocycles. The van der Waals surface area contributed by atoms with Crippen LogP contribution in [0, 0.1) is 13.8 Å². The van der Waals surface area contributed by atoms with Crippen LogP contribution in [0.5, 0.6) is 0 Å². The average Bonchev–Trinajstić information content (AvgIpc) is 3.02. The molecule has 2 N–H and O–H groups in total. The van der Waals surface area contributed by atoms with Crippen molar-refractivity contribution in [3.05, 3.63) is 107 Å². The van der Waals surface area contributed by atoms with Gasteiger partial charge < -0.3 is 10.3 Å². The number of hydrogen-bond donors (Lipinski definition) is 2. The topological polar surface area (TPSA) is 44.9 Å². The molecule has 0 fully saturated rings. The van der Waals surface area contributed by atoms with Gasteiger partial charge in [0.05, 0.1) is 0 Å². The van der Waals surface area contributed by atoms with Crippen LogP contribution in [0.1, 0.15) is 27.2 Å². The summed E-state index contributed by atoms with van der Waals surface area (Å²) in [5.41, 5.74) is 6.89. The summed E-state index contributed by atoms with van der Waals surface area (Å²) < 4.78 is 0. The number of carbonyl (C=O) groups is 1. The molecule has 0 spiro atoms. The van der Waals surface area contributed by atoms with Gasteiger partial charge in [0.25, 0.3) is 0 Å².